The van der Waals surface area contributed by atoms with Gasteiger partial charge in [0.1, 0.15) is 22.7 Å². The topological polar surface area (TPSA) is 135 Å². The van der Waals surface area contributed by atoms with Gasteiger partial charge in [0.2, 0.25) is 11.8 Å². The average Bonchev–Trinajstić information content (AvgIpc) is 3.33. The van der Waals surface area contributed by atoms with Gasteiger partial charge in [-0.2, -0.15) is 4.98 Å². The molecule has 2 aromatic rings. The van der Waals surface area contributed by atoms with E-state index in [-0.39, 0.29) is 57.9 Å². The highest BCUT2D eigenvalue weighted by Gasteiger charge is 2.30. The van der Waals surface area contributed by atoms with Crippen molar-refractivity contribution >= 4 is 39.0 Å². The molecule has 1 aromatic carbocycles. The summed E-state index contributed by atoms with van der Waals surface area (Å²) in [5.74, 6) is -0.957. The number of carbonyl (C=O) groups is 1. The Morgan fingerprint density at radius 3 is 2.67 bits per heavy atom. The van der Waals surface area contributed by atoms with Crippen LogP contribution in [0.5, 0.6) is 11.6 Å². The summed E-state index contributed by atoms with van der Waals surface area (Å²) in [4.78, 5) is 23.5. The van der Waals surface area contributed by atoms with Gasteiger partial charge in [0, 0.05) is 24.4 Å². The maximum atomic E-state index is 15.0. The van der Waals surface area contributed by atoms with Gasteiger partial charge < -0.3 is 25.0 Å². The van der Waals surface area contributed by atoms with Crippen LogP contribution in [-0.2, 0) is 9.84 Å². The van der Waals surface area contributed by atoms with Crippen LogP contribution in [0.25, 0.3) is 0 Å². The Kier molecular flexibility index (Phi) is 9.47. The van der Waals surface area contributed by atoms with Crippen molar-refractivity contribution < 1.29 is 27.1 Å². The Bertz CT molecular complexity index is 1290. The number of hydrogen-bond acceptors (Lipinski definition) is 10. The number of methoxy groups -OCH3 is 1. The number of ether oxygens (including phenoxy) is 2. The Morgan fingerprint density at radius 2 is 1.97 bits per heavy atom. The molecule has 1 aromatic heterocycles. The number of nitrogens with one attached hydrogen (secondary N) is 3. The van der Waals surface area contributed by atoms with Crippen LogP contribution >= 0.6 is 11.6 Å². The predicted octanol–water partition coefficient (Wildman–Crippen LogP) is 2.74. The van der Waals surface area contributed by atoms with Crippen LogP contribution in [0.4, 0.5) is 16.0 Å². The van der Waals surface area contributed by atoms with E-state index in [0.29, 0.717) is 6.42 Å². The molecule has 1 saturated carbocycles. The summed E-state index contributed by atoms with van der Waals surface area (Å²) in [7, 11) is 0.258. The minimum atomic E-state index is -3.18. The molecule has 11 nitrogen and oxygen atoms in total. The highest BCUT2D eigenvalue weighted by molar-refractivity contribution is 7.90. The van der Waals surface area contributed by atoms with Gasteiger partial charge >= 0.3 is 0 Å². The second kappa shape index (κ2) is 12.6. The molecule has 1 aliphatic heterocycles. The van der Waals surface area contributed by atoms with Crippen molar-refractivity contribution in [1.29, 1.82) is 0 Å². The number of anilines is 2. The molecule has 0 radical (unpaired) electrons. The number of nitrogens with zero attached hydrogens (tertiary/aromatic N) is 3. The fourth-order valence-corrected chi connectivity index (χ4v) is 5.38. The van der Waals surface area contributed by atoms with Crippen molar-refractivity contribution in [2.75, 3.05) is 44.7 Å². The van der Waals surface area contributed by atoms with Gasteiger partial charge in [-0.05, 0) is 58.3 Å². The van der Waals surface area contributed by atoms with Crippen LogP contribution < -0.4 is 25.4 Å². The van der Waals surface area contributed by atoms with Gasteiger partial charge in [-0.15, -0.1) is 0 Å². The van der Waals surface area contributed by atoms with Crippen LogP contribution in [0.2, 0.25) is 5.02 Å². The molecular weight excluding hydrogens is 551 g/mol. The Hall–Kier alpha value is -2.74. The molecule has 2 fully saturated rings. The number of halogens is 2. The summed E-state index contributed by atoms with van der Waals surface area (Å²) in [6, 6.07) is 2.30. The number of hydrogen-bond donors (Lipinski definition) is 3. The molecule has 0 bridgehead atoms. The molecular formula is C25H34ClFN6O5S. The number of benzene rings is 1. The maximum absolute atomic E-state index is 15.0. The summed E-state index contributed by atoms with van der Waals surface area (Å²) in [5.41, 5.74) is 0.0962. The van der Waals surface area contributed by atoms with Crippen LogP contribution in [0.15, 0.2) is 18.3 Å². The molecule has 0 unspecified atom stereocenters. The summed E-state index contributed by atoms with van der Waals surface area (Å²) in [5, 5.41) is 9.01. The van der Waals surface area contributed by atoms with E-state index in [2.05, 4.69) is 30.8 Å². The van der Waals surface area contributed by atoms with E-state index in [9.17, 15) is 13.2 Å². The first-order chi connectivity index (χ1) is 18.5. The normalized spacial score (nSPS) is 20.5. The van der Waals surface area contributed by atoms with Crippen LogP contribution in [0, 0.1) is 5.82 Å². The van der Waals surface area contributed by atoms with Gasteiger partial charge in [-0.25, -0.2) is 17.8 Å². The lowest BCUT2D eigenvalue weighted by Crippen LogP contribution is -2.43. The number of sulfone groups is 1. The summed E-state index contributed by atoms with van der Waals surface area (Å²) < 4.78 is 49.6. The zero-order valence-corrected chi connectivity index (χ0v) is 23.7. The van der Waals surface area contributed by atoms with E-state index in [0.717, 1.165) is 51.1 Å². The molecule has 2 heterocycles. The molecule has 2 atom stereocenters. The molecule has 14 heteroatoms. The van der Waals surface area contributed by atoms with E-state index < -0.39 is 21.6 Å². The number of rotatable bonds is 10. The Labute approximate surface area is 232 Å². The highest BCUT2D eigenvalue weighted by Crippen LogP contribution is 2.33. The Morgan fingerprint density at radius 1 is 1.23 bits per heavy atom. The standard InChI is InChI=1S/C25H34ClFN6O5S/c1-33-9-7-15(8-10-33)30-23(34)16-11-22(37-2)20(12-18(16)27)31-25-28-13-17(26)24(32-25)38-21-6-4-5-19(21)29-14-39(3,35)36/h11-13,15,19,21,29H,4-10,14H2,1-3H3,(H,30,34)(H,28,31,32)/t19-,21-/m1/s1. The third-order valence-electron chi connectivity index (χ3n) is 6.87. The van der Waals surface area contributed by atoms with Gasteiger partial charge in [-0.1, -0.05) is 11.6 Å². The molecule has 3 N–H and O–H groups in total. The van der Waals surface area contributed by atoms with Crippen molar-refractivity contribution in [3.8, 4) is 11.6 Å². The number of aromatic nitrogens is 2. The second-order valence-corrected chi connectivity index (χ2v) is 12.6. The van der Waals surface area contributed by atoms with Crippen LogP contribution in [0.3, 0.4) is 0 Å². The smallest absolute Gasteiger partial charge is 0.254 e. The molecule has 1 aliphatic carbocycles. The first kappa shape index (κ1) is 29.2. The lowest BCUT2D eigenvalue weighted by molar-refractivity contribution is 0.0912. The fraction of sp³-hybridized carbons (Fsp3) is 0.560. The van der Waals surface area contributed by atoms with Gasteiger partial charge in [0.25, 0.3) is 5.91 Å². The first-order valence-corrected chi connectivity index (χ1v) is 15.2. The van der Waals surface area contributed by atoms with Crippen LogP contribution in [0.1, 0.15) is 42.5 Å². The quantitative estimate of drug-likeness (QED) is 0.382. The summed E-state index contributed by atoms with van der Waals surface area (Å²) in [6.45, 7) is 1.73. The van der Waals surface area contributed by atoms with Crippen molar-refractivity contribution in [3.05, 3.63) is 34.7 Å². The highest BCUT2D eigenvalue weighted by atomic mass is 35.5. The molecule has 1 saturated heterocycles. The minimum absolute atomic E-state index is 0.0150. The first-order valence-electron chi connectivity index (χ1n) is 12.8. The van der Waals surface area contributed by atoms with E-state index in [4.69, 9.17) is 21.1 Å². The average molecular weight is 585 g/mol. The monoisotopic (exact) mass is 584 g/mol. The number of carbonyl (C=O) groups excluding carboxylic acids is 1. The molecule has 214 valence electrons. The predicted molar refractivity (Wildman–Crippen MR) is 146 cm³/mol. The third-order valence-corrected chi connectivity index (χ3v) is 7.82. The second-order valence-electron chi connectivity index (χ2n) is 10.0. The lowest BCUT2D eigenvalue weighted by atomic mass is 10.0. The SMILES string of the molecule is COc1cc(C(=O)NC2CCN(C)CC2)c(F)cc1Nc1ncc(Cl)c(O[C@@H]2CCC[C@H]2NCS(C)(=O)=O)n1. The van der Waals surface area contributed by atoms with E-state index in [1.54, 1.807) is 0 Å². The molecule has 2 aliphatic rings. The number of piperidine rings is 1. The van der Waals surface area contributed by atoms with Crippen molar-refractivity contribution in [1.82, 2.24) is 25.5 Å². The molecule has 0 spiro atoms. The zero-order valence-electron chi connectivity index (χ0n) is 22.2. The van der Waals surface area contributed by atoms with Gasteiger partial charge in [-0.3, -0.25) is 10.1 Å². The third kappa shape index (κ3) is 7.90. The molecule has 1 amide bonds. The maximum Gasteiger partial charge on any atom is 0.254 e. The Balaban J connectivity index is 1.46. The molecule has 4 rings (SSSR count). The van der Waals surface area contributed by atoms with E-state index in [1.807, 2.05) is 7.05 Å². The lowest BCUT2D eigenvalue weighted by Gasteiger charge is -2.29. The van der Waals surface area contributed by atoms with Crippen molar-refractivity contribution in [2.24, 2.45) is 0 Å². The summed E-state index contributed by atoms with van der Waals surface area (Å²) >= 11 is 6.28. The largest absolute Gasteiger partial charge is 0.495 e. The zero-order chi connectivity index (χ0) is 28.2. The van der Waals surface area contributed by atoms with Gasteiger partial charge in [0.05, 0.1) is 30.4 Å². The van der Waals surface area contributed by atoms with E-state index in [1.165, 1.54) is 19.4 Å². The molecule has 39 heavy (non-hydrogen) atoms. The summed E-state index contributed by atoms with van der Waals surface area (Å²) in [6.07, 6.45) is 6.09. The minimum Gasteiger partial charge on any atom is -0.495 e. The van der Waals surface area contributed by atoms with Crippen molar-refractivity contribution in [2.45, 2.75) is 50.3 Å². The number of amides is 1. The van der Waals surface area contributed by atoms with Gasteiger partial charge in [0.15, 0.2) is 9.84 Å². The van der Waals surface area contributed by atoms with E-state index >= 15 is 4.39 Å². The van der Waals surface area contributed by atoms with Crippen molar-refractivity contribution in [3.63, 3.8) is 0 Å². The fourth-order valence-electron chi connectivity index (χ4n) is 4.73. The number of likely N-dealkylation sites (tertiary alicyclic amines) is 1. The van der Waals surface area contributed by atoms with Crippen LogP contribution in [-0.4, -0.2) is 86.8 Å².